The summed E-state index contributed by atoms with van der Waals surface area (Å²) in [6, 6.07) is 6.35. The Bertz CT molecular complexity index is 339. The molecule has 3 nitrogen and oxygen atoms in total. The van der Waals surface area contributed by atoms with E-state index in [9.17, 15) is 0 Å². The molecule has 1 N–H and O–H groups in total. The molecule has 0 spiro atoms. The first-order valence-corrected chi connectivity index (χ1v) is 6.16. The number of aryl methyl sites for hydroxylation is 1. The highest BCUT2D eigenvalue weighted by Crippen LogP contribution is 2.21. The molecule has 0 aliphatic carbocycles. The van der Waals surface area contributed by atoms with Gasteiger partial charge in [0.2, 0.25) is 0 Å². The van der Waals surface area contributed by atoms with Gasteiger partial charge in [-0.05, 0) is 31.5 Å². The second-order valence-corrected chi connectivity index (χ2v) is 4.31. The Kier molecular flexibility index (Phi) is 6.01. The Morgan fingerprint density at radius 3 is 2.71 bits per heavy atom. The van der Waals surface area contributed by atoms with E-state index in [1.54, 1.807) is 7.11 Å². The van der Waals surface area contributed by atoms with Crippen molar-refractivity contribution in [2.45, 2.75) is 26.3 Å². The molecule has 0 aliphatic rings. The van der Waals surface area contributed by atoms with Gasteiger partial charge in [0.25, 0.3) is 0 Å². The molecule has 0 aromatic heterocycles. The van der Waals surface area contributed by atoms with E-state index >= 15 is 0 Å². The van der Waals surface area contributed by atoms with Crippen molar-refractivity contribution < 1.29 is 9.84 Å². The van der Waals surface area contributed by atoms with Crippen molar-refractivity contribution in [2.75, 3.05) is 27.3 Å². The summed E-state index contributed by atoms with van der Waals surface area (Å²) in [4.78, 5) is 2.20. The summed E-state index contributed by atoms with van der Waals surface area (Å²) in [5.74, 6) is 0.943. The van der Waals surface area contributed by atoms with E-state index in [1.807, 2.05) is 6.07 Å². The molecule has 1 aromatic rings. The molecule has 0 atom stereocenters. The van der Waals surface area contributed by atoms with Crippen molar-refractivity contribution in [3.05, 3.63) is 29.3 Å². The highest BCUT2D eigenvalue weighted by atomic mass is 16.5. The summed E-state index contributed by atoms with van der Waals surface area (Å²) in [5.41, 5.74) is 2.55. The minimum Gasteiger partial charge on any atom is -0.496 e. The van der Waals surface area contributed by atoms with Gasteiger partial charge in [-0.2, -0.15) is 0 Å². The number of hydrogen-bond acceptors (Lipinski definition) is 3. The lowest BCUT2D eigenvalue weighted by Gasteiger charge is -2.18. The van der Waals surface area contributed by atoms with Crippen LogP contribution in [0.25, 0.3) is 0 Å². The van der Waals surface area contributed by atoms with E-state index < -0.39 is 0 Å². The number of benzene rings is 1. The van der Waals surface area contributed by atoms with E-state index in [4.69, 9.17) is 9.84 Å². The van der Waals surface area contributed by atoms with Crippen molar-refractivity contribution in [1.82, 2.24) is 4.90 Å². The van der Waals surface area contributed by atoms with Gasteiger partial charge in [-0.1, -0.05) is 19.1 Å². The molecule has 0 radical (unpaired) electrons. The van der Waals surface area contributed by atoms with E-state index in [0.717, 1.165) is 31.7 Å². The van der Waals surface area contributed by atoms with Gasteiger partial charge >= 0.3 is 0 Å². The van der Waals surface area contributed by atoms with E-state index in [2.05, 4.69) is 31.0 Å². The van der Waals surface area contributed by atoms with Crippen LogP contribution in [0.1, 0.15) is 24.5 Å². The van der Waals surface area contributed by atoms with Gasteiger partial charge in [0, 0.05) is 25.3 Å². The number of ether oxygens (including phenoxy) is 1. The molecule has 0 saturated heterocycles. The van der Waals surface area contributed by atoms with Crippen molar-refractivity contribution in [3.8, 4) is 5.75 Å². The summed E-state index contributed by atoms with van der Waals surface area (Å²) in [6.07, 6.45) is 1.85. The molecule has 1 aromatic carbocycles. The van der Waals surface area contributed by atoms with Crippen LogP contribution in [-0.4, -0.2) is 37.3 Å². The largest absolute Gasteiger partial charge is 0.496 e. The third-order valence-electron chi connectivity index (χ3n) is 2.89. The first kappa shape index (κ1) is 14.0. The Hall–Kier alpha value is -1.06. The monoisotopic (exact) mass is 237 g/mol. The molecule has 0 unspecified atom stereocenters. The number of hydrogen-bond donors (Lipinski definition) is 1. The zero-order chi connectivity index (χ0) is 12.7. The highest BCUT2D eigenvalue weighted by Gasteiger charge is 2.07. The lowest BCUT2D eigenvalue weighted by atomic mass is 10.1. The zero-order valence-corrected chi connectivity index (χ0v) is 11.1. The average Bonchev–Trinajstić information content (AvgIpc) is 2.36. The smallest absolute Gasteiger partial charge is 0.123 e. The Morgan fingerprint density at radius 1 is 1.35 bits per heavy atom. The molecule has 1 rings (SSSR count). The van der Waals surface area contributed by atoms with Crippen LogP contribution in [-0.2, 0) is 13.0 Å². The second kappa shape index (κ2) is 7.30. The summed E-state index contributed by atoms with van der Waals surface area (Å²) >= 11 is 0. The molecular formula is C14H23NO2. The van der Waals surface area contributed by atoms with Gasteiger partial charge in [-0.25, -0.2) is 0 Å². The summed E-state index contributed by atoms with van der Waals surface area (Å²) in [5, 5.41) is 8.81. The third kappa shape index (κ3) is 4.36. The normalized spacial score (nSPS) is 10.9. The van der Waals surface area contributed by atoms with Crippen molar-refractivity contribution in [2.24, 2.45) is 0 Å². The van der Waals surface area contributed by atoms with Crippen LogP contribution in [0.5, 0.6) is 5.75 Å². The maximum absolute atomic E-state index is 8.81. The number of nitrogens with zero attached hydrogens (tertiary/aromatic N) is 1. The highest BCUT2D eigenvalue weighted by molar-refractivity contribution is 5.37. The minimum atomic E-state index is 0.247. The van der Waals surface area contributed by atoms with E-state index in [-0.39, 0.29) is 6.61 Å². The molecular weight excluding hydrogens is 214 g/mol. The fourth-order valence-corrected chi connectivity index (χ4v) is 1.89. The molecule has 3 heteroatoms. The Balaban J connectivity index is 2.72. The molecule has 0 amide bonds. The molecule has 17 heavy (non-hydrogen) atoms. The van der Waals surface area contributed by atoms with Crippen LogP contribution in [0.3, 0.4) is 0 Å². The Morgan fingerprint density at radius 2 is 2.12 bits per heavy atom. The average molecular weight is 237 g/mol. The van der Waals surface area contributed by atoms with Crippen LogP contribution in [0.15, 0.2) is 18.2 Å². The van der Waals surface area contributed by atoms with Crippen molar-refractivity contribution >= 4 is 0 Å². The molecule has 0 aliphatic heterocycles. The molecule has 0 heterocycles. The van der Waals surface area contributed by atoms with E-state index in [1.165, 1.54) is 11.1 Å². The lowest BCUT2D eigenvalue weighted by Crippen LogP contribution is -2.20. The molecule has 0 saturated carbocycles. The predicted molar refractivity (Wildman–Crippen MR) is 70.4 cm³/mol. The Labute approximate surface area is 104 Å². The summed E-state index contributed by atoms with van der Waals surface area (Å²) < 4.78 is 5.37. The van der Waals surface area contributed by atoms with Crippen LogP contribution in [0, 0.1) is 0 Å². The van der Waals surface area contributed by atoms with Gasteiger partial charge in [0.15, 0.2) is 0 Å². The van der Waals surface area contributed by atoms with Gasteiger partial charge in [-0.15, -0.1) is 0 Å². The third-order valence-corrected chi connectivity index (χ3v) is 2.89. The molecule has 0 bridgehead atoms. The van der Waals surface area contributed by atoms with Gasteiger partial charge < -0.3 is 14.7 Å². The van der Waals surface area contributed by atoms with Crippen LogP contribution >= 0.6 is 0 Å². The SMILES string of the molecule is CCc1ccc(OC)c(CN(C)CCCO)c1. The fourth-order valence-electron chi connectivity index (χ4n) is 1.89. The zero-order valence-electron chi connectivity index (χ0n) is 11.1. The molecule has 96 valence electrons. The van der Waals surface area contributed by atoms with Crippen LogP contribution < -0.4 is 4.74 Å². The number of aliphatic hydroxyl groups is 1. The summed E-state index contributed by atoms with van der Waals surface area (Å²) in [7, 11) is 3.77. The van der Waals surface area contributed by atoms with Gasteiger partial charge in [-0.3, -0.25) is 0 Å². The van der Waals surface area contributed by atoms with Crippen LogP contribution in [0.4, 0.5) is 0 Å². The molecule has 0 fully saturated rings. The first-order chi connectivity index (χ1) is 8.21. The fraction of sp³-hybridized carbons (Fsp3) is 0.571. The van der Waals surface area contributed by atoms with Gasteiger partial charge in [0.05, 0.1) is 7.11 Å². The predicted octanol–water partition coefficient (Wildman–Crippen LogP) is 2.07. The van der Waals surface area contributed by atoms with Crippen molar-refractivity contribution in [3.63, 3.8) is 0 Å². The lowest BCUT2D eigenvalue weighted by molar-refractivity contribution is 0.242. The second-order valence-electron chi connectivity index (χ2n) is 4.31. The number of rotatable bonds is 7. The van der Waals surface area contributed by atoms with Crippen molar-refractivity contribution in [1.29, 1.82) is 0 Å². The standard InChI is InChI=1S/C14H23NO2/c1-4-12-6-7-14(17-3)13(10-12)11-15(2)8-5-9-16/h6-7,10,16H,4-5,8-9,11H2,1-3H3. The topological polar surface area (TPSA) is 32.7 Å². The first-order valence-electron chi connectivity index (χ1n) is 6.16. The maximum atomic E-state index is 8.81. The summed E-state index contributed by atoms with van der Waals surface area (Å²) in [6.45, 7) is 4.16. The van der Waals surface area contributed by atoms with E-state index in [0.29, 0.717) is 0 Å². The minimum absolute atomic E-state index is 0.247. The number of aliphatic hydroxyl groups excluding tert-OH is 1. The number of methoxy groups -OCH3 is 1. The van der Waals surface area contributed by atoms with Gasteiger partial charge in [0.1, 0.15) is 5.75 Å². The van der Waals surface area contributed by atoms with Crippen LogP contribution in [0.2, 0.25) is 0 Å². The maximum Gasteiger partial charge on any atom is 0.123 e. The quantitative estimate of drug-likeness (QED) is 0.788.